The molecule has 2 heteroatoms. The molecule has 0 aromatic rings. The Morgan fingerprint density at radius 1 is 1.47 bits per heavy atom. The van der Waals surface area contributed by atoms with Crippen molar-refractivity contribution in [3.05, 3.63) is 11.6 Å². The van der Waals surface area contributed by atoms with E-state index in [0.717, 1.165) is 24.3 Å². The second-order valence-corrected chi connectivity index (χ2v) is 4.79. The van der Waals surface area contributed by atoms with Crippen molar-refractivity contribution in [2.45, 2.75) is 59.8 Å². The molecule has 0 radical (unpaired) electrons. The molecule has 0 N–H and O–H groups in total. The minimum Gasteiger partial charge on any atom is -0.466 e. The van der Waals surface area contributed by atoms with E-state index in [0.29, 0.717) is 5.92 Å². The number of rotatable bonds is 6. The van der Waals surface area contributed by atoms with Gasteiger partial charge in [-0.2, -0.15) is 0 Å². The molecule has 2 nitrogen and oxygen atoms in total. The van der Waals surface area contributed by atoms with Crippen molar-refractivity contribution >= 4 is 5.97 Å². The van der Waals surface area contributed by atoms with Gasteiger partial charge in [-0.3, -0.25) is 0 Å². The van der Waals surface area contributed by atoms with Gasteiger partial charge in [0, 0.05) is 5.57 Å². The van der Waals surface area contributed by atoms with Crippen LogP contribution in [0.25, 0.3) is 0 Å². The van der Waals surface area contributed by atoms with Crippen LogP contribution in [0.2, 0.25) is 0 Å². The van der Waals surface area contributed by atoms with Crippen LogP contribution in [0, 0.1) is 11.8 Å². The molecule has 1 rings (SSSR count). The molecule has 0 fully saturated rings. The van der Waals surface area contributed by atoms with Crippen LogP contribution < -0.4 is 0 Å². The van der Waals surface area contributed by atoms with E-state index in [4.69, 9.17) is 4.74 Å². The summed E-state index contributed by atoms with van der Waals surface area (Å²) in [6, 6.07) is 0. The van der Waals surface area contributed by atoms with Gasteiger partial charge in [0.25, 0.3) is 0 Å². The van der Waals surface area contributed by atoms with Crippen molar-refractivity contribution in [2.75, 3.05) is 7.11 Å². The second-order valence-electron chi connectivity index (χ2n) is 4.79. The average molecular weight is 240 g/mol. The Morgan fingerprint density at radius 2 is 2.12 bits per heavy atom. The topological polar surface area (TPSA) is 26.3 Å². The number of esters is 1. The van der Waals surface area contributed by atoms with Gasteiger partial charge in [0.05, 0.1) is 7.11 Å². The Bertz CT molecular complexity index is 252. The van der Waals surface area contributed by atoms with Crippen molar-refractivity contribution in [3.8, 4) is 0 Å². The van der Waals surface area contributed by atoms with Crippen LogP contribution in [0.15, 0.2) is 11.6 Å². The second kappa shape index (κ2) is 8.32. The summed E-state index contributed by atoms with van der Waals surface area (Å²) in [4.78, 5) is 11.3. The van der Waals surface area contributed by atoms with Gasteiger partial charge >= 0.3 is 5.97 Å². The molecular formula is C15H28O2. The maximum Gasteiger partial charge on any atom is 0.333 e. The van der Waals surface area contributed by atoms with Gasteiger partial charge in [0.2, 0.25) is 0 Å². The summed E-state index contributed by atoms with van der Waals surface area (Å²) in [6.07, 6.45) is 9.16. The Morgan fingerprint density at radius 3 is 2.65 bits per heavy atom. The van der Waals surface area contributed by atoms with E-state index in [9.17, 15) is 4.79 Å². The van der Waals surface area contributed by atoms with Gasteiger partial charge in [-0.05, 0) is 31.1 Å². The first kappa shape index (κ1) is 16.2. The first-order valence-electron chi connectivity index (χ1n) is 6.48. The lowest BCUT2D eigenvalue weighted by Gasteiger charge is -2.15. The molecule has 1 aliphatic carbocycles. The number of hydrogen-bond donors (Lipinski definition) is 0. The highest BCUT2D eigenvalue weighted by molar-refractivity contribution is 5.88. The van der Waals surface area contributed by atoms with Crippen molar-refractivity contribution in [1.29, 1.82) is 0 Å². The molecule has 0 saturated heterocycles. The number of ether oxygens (including phenoxy) is 1. The number of carbonyl (C=O) groups excluding carboxylic acids is 1. The third-order valence-electron chi connectivity index (χ3n) is 3.79. The fraction of sp³-hybridized carbons (Fsp3) is 0.800. The van der Waals surface area contributed by atoms with Crippen LogP contribution in [0.4, 0.5) is 0 Å². The first-order chi connectivity index (χ1) is 7.71. The zero-order valence-electron chi connectivity index (χ0n) is 10.8. The van der Waals surface area contributed by atoms with Crippen LogP contribution in [-0.4, -0.2) is 13.1 Å². The van der Waals surface area contributed by atoms with Gasteiger partial charge in [-0.1, -0.05) is 46.6 Å². The highest BCUT2D eigenvalue weighted by Crippen LogP contribution is 2.31. The summed E-state index contributed by atoms with van der Waals surface area (Å²) < 4.78 is 4.74. The number of allylic oxidation sites excluding steroid dienone is 1. The van der Waals surface area contributed by atoms with E-state index in [1.807, 2.05) is 0 Å². The molecule has 0 saturated carbocycles. The van der Waals surface area contributed by atoms with Gasteiger partial charge in [-0.25, -0.2) is 4.79 Å². The summed E-state index contributed by atoms with van der Waals surface area (Å²) >= 11 is 0. The predicted molar refractivity (Wildman–Crippen MR) is 72.9 cm³/mol. The summed E-state index contributed by atoms with van der Waals surface area (Å²) in [5.41, 5.74) is 0.886. The van der Waals surface area contributed by atoms with Gasteiger partial charge in [0.1, 0.15) is 0 Å². The number of hydrogen-bond acceptors (Lipinski definition) is 2. The molecular weight excluding hydrogens is 212 g/mol. The molecule has 0 spiro atoms. The van der Waals surface area contributed by atoms with E-state index in [-0.39, 0.29) is 13.4 Å². The lowest BCUT2D eigenvalue weighted by atomic mass is 9.91. The Balaban J connectivity index is 0.00000256. The fourth-order valence-electron chi connectivity index (χ4n) is 2.47. The molecule has 0 heterocycles. The average Bonchev–Trinajstić information content (AvgIpc) is 2.78. The zero-order valence-corrected chi connectivity index (χ0v) is 10.8. The first-order valence-corrected chi connectivity index (χ1v) is 6.48. The fourth-order valence-corrected chi connectivity index (χ4v) is 2.47. The van der Waals surface area contributed by atoms with E-state index in [2.05, 4.69) is 19.9 Å². The maximum atomic E-state index is 11.3. The van der Waals surface area contributed by atoms with Gasteiger partial charge in [-0.15, -0.1) is 0 Å². The number of carbonyl (C=O) groups is 1. The molecule has 100 valence electrons. The molecule has 1 aliphatic rings. The molecule has 17 heavy (non-hydrogen) atoms. The molecule has 0 aliphatic heterocycles. The van der Waals surface area contributed by atoms with E-state index in [1.165, 1.54) is 32.8 Å². The van der Waals surface area contributed by atoms with Crippen molar-refractivity contribution in [2.24, 2.45) is 11.8 Å². The summed E-state index contributed by atoms with van der Waals surface area (Å²) in [6.45, 7) is 4.53. The predicted octanol–water partition coefficient (Wildman–Crippen LogP) is 4.35. The Hall–Kier alpha value is -0.790. The third-order valence-corrected chi connectivity index (χ3v) is 3.79. The lowest BCUT2D eigenvalue weighted by molar-refractivity contribution is -0.136. The summed E-state index contributed by atoms with van der Waals surface area (Å²) in [7, 11) is 1.46. The maximum absolute atomic E-state index is 11.3. The normalized spacial score (nSPS) is 18.8. The quantitative estimate of drug-likeness (QED) is 0.645. The van der Waals surface area contributed by atoms with Crippen molar-refractivity contribution in [3.63, 3.8) is 0 Å². The highest BCUT2D eigenvalue weighted by atomic mass is 16.5. The Kier molecular flexibility index (Phi) is 7.94. The van der Waals surface area contributed by atoms with E-state index < -0.39 is 0 Å². The van der Waals surface area contributed by atoms with Crippen molar-refractivity contribution in [1.82, 2.24) is 0 Å². The third kappa shape index (κ3) is 4.93. The van der Waals surface area contributed by atoms with Crippen molar-refractivity contribution < 1.29 is 9.53 Å². The molecule has 0 aromatic carbocycles. The zero-order chi connectivity index (χ0) is 12.0. The standard InChI is InChI=1S/C14H24O2.CH4/c1-4-11(5-2)6-7-12-8-9-13(10-12)14(15)16-3;/h9,11-12H,4-8,10H2,1-3H3;1H4. The van der Waals surface area contributed by atoms with Crippen LogP contribution >= 0.6 is 0 Å². The molecule has 1 atom stereocenters. The minimum atomic E-state index is -0.134. The van der Waals surface area contributed by atoms with Crippen LogP contribution in [0.3, 0.4) is 0 Å². The monoisotopic (exact) mass is 240 g/mol. The molecule has 0 amide bonds. The SMILES string of the molecule is C.CCC(CC)CCC1CC=C(C(=O)OC)C1. The smallest absolute Gasteiger partial charge is 0.333 e. The molecule has 0 bridgehead atoms. The lowest BCUT2D eigenvalue weighted by Crippen LogP contribution is -2.06. The van der Waals surface area contributed by atoms with Crippen LogP contribution in [0.5, 0.6) is 0 Å². The Labute approximate surface area is 106 Å². The summed E-state index contributed by atoms with van der Waals surface area (Å²) in [5.74, 6) is 1.40. The minimum absolute atomic E-state index is 0. The summed E-state index contributed by atoms with van der Waals surface area (Å²) in [5, 5.41) is 0. The van der Waals surface area contributed by atoms with Crippen LogP contribution in [-0.2, 0) is 9.53 Å². The van der Waals surface area contributed by atoms with Gasteiger partial charge < -0.3 is 4.74 Å². The van der Waals surface area contributed by atoms with E-state index >= 15 is 0 Å². The van der Waals surface area contributed by atoms with Crippen LogP contribution in [0.1, 0.15) is 59.8 Å². The molecule has 1 unspecified atom stereocenters. The van der Waals surface area contributed by atoms with E-state index in [1.54, 1.807) is 0 Å². The molecule has 0 aromatic heterocycles. The number of methoxy groups -OCH3 is 1. The highest BCUT2D eigenvalue weighted by Gasteiger charge is 2.22. The largest absolute Gasteiger partial charge is 0.466 e. The van der Waals surface area contributed by atoms with Gasteiger partial charge in [0.15, 0.2) is 0 Å².